The molecular weight excluding hydrogens is 158 g/mol. The molecule has 1 nitrogen and oxygen atoms in total. The minimum Gasteiger partial charge on any atom is -0.257 e. The highest BCUT2D eigenvalue weighted by Crippen LogP contribution is 2.03. The Bertz CT molecular complexity index is 241. The minimum atomic E-state index is 0.566. The third-order valence-electron chi connectivity index (χ3n) is 1.29. The second-order valence-electron chi connectivity index (χ2n) is 2.38. The van der Waals surface area contributed by atoms with Crippen LogP contribution in [0, 0.1) is 0 Å². The standard InChI is InChI=1S/C9H10ClN/c1-8(7-10)6-9-4-2-3-5-11-9/h2-6H,7H2,1H3. The van der Waals surface area contributed by atoms with Crippen molar-refractivity contribution >= 4 is 17.7 Å². The van der Waals surface area contributed by atoms with E-state index in [1.165, 1.54) is 0 Å². The summed E-state index contributed by atoms with van der Waals surface area (Å²) in [6, 6.07) is 5.81. The number of rotatable bonds is 2. The van der Waals surface area contributed by atoms with E-state index >= 15 is 0 Å². The summed E-state index contributed by atoms with van der Waals surface area (Å²) in [5.74, 6) is 0.566. The van der Waals surface area contributed by atoms with E-state index in [1.807, 2.05) is 31.2 Å². The van der Waals surface area contributed by atoms with Crippen LogP contribution in [0.3, 0.4) is 0 Å². The topological polar surface area (TPSA) is 12.9 Å². The Morgan fingerprint density at radius 3 is 3.00 bits per heavy atom. The zero-order valence-electron chi connectivity index (χ0n) is 6.42. The summed E-state index contributed by atoms with van der Waals surface area (Å²) in [7, 11) is 0. The van der Waals surface area contributed by atoms with Gasteiger partial charge >= 0.3 is 0 Å². The summed E-state index contributed by atoms with van der Waals surface area (Å²) in [5.41, 5.74) is 2.09. The first-order valence-corrected chi connectivity index (χ1v) is 4.00. The van der Waals surface area contributed by atoms with Gasteiger partial charge in [0.15, 0.2) is 0 Å². The minimum absolute atomic E-state index is 0.566. The molecule has 0 saturated carbocycles. The highest BCUT2D eigenvalue weighted by Gasteiger charge is 1.88. The van der Waals surface area contributed by atoms with Crippen LogP contribution in [-0.2, 0) is 0 Å². The highest BCUT2D eigenvalue weighted by atomic mass is 35.5. The molecule has 1 heterocycles. The molecule has 0 saturated heterocycles. The zero-order valence-corrected chi connectivity index (χ0v) is 7.17. The maximum Gasteiger partial charge on any atom is 0.0629 e. The summed E-state index contributed by atoms with van der Waals surface area (Å²) in [4.78, 5) is 4.13. The maximum atomic E-state index is 5.61. The van der Waals surface area contributed by atoms with Gasteiger partial charge < -0.3 is 0 Å². The van der Waals surface area contributed by atoms with Crippen molar-refractivity contribution in [3.8, 4) is 0 Å². The summed E-state index contributed by atoms with van der Waals surface area (Å²) in [6.45, 7) is 1.99. The molecule has 1 rings (SSSR count). The molecule has 11 heavy (non-hydrogen) atoms. The van der Waals surface area contributed by atoms with Gasteiger partial charge in [0, 0.05) is 12.1 Å². The van der Waals surface area contributed by atoms with Crippen molar-refractivity contribution in [2.75, 3.05) is 5.88 Å². The number of hydrogen-bond acceptors (Lipinski definition) is 1. The Morgan fingerprint density at radius 2 is 2.45 bits per heavy atom. The lowest BCUT2D eigenvalue weighted by Gasteiger charge is -1.93. The molecule has 0 radical (unpaired) electrons. The first-order valence-electron chi connectivity index (χ1n) is 3.47. The molecule has 2 heteroatoms. The fraction of sp³-hybridized carbons (Fsp3) is 0.222. The predicted molar refractivity (Wildman–Crippen MR) is 48.6 cm³/mol. The van der Waals surface area contributed by atoms with E-state index in [1.54, 1.807) is 6.20 Å². The molecule has 0 bridgehead atoms. The third-order valence-corrected chi connectivity index (χ3v) is 1.71. The van der Waals surface area contributed by atoms with Crippen molar-refractivity contribution < 1.29 is 0 Å². The summed E-state index contributed by atoms with van der Waals surface area (Å²) in [6.07, 6.45) is 3.75. The molecular formula is C9H10ClN. The van der Waals surface area contributed by atoms with E-state index in [9.17, 15) is 0 Å². The monoisotopic (exact) mass is 167 g/mol. The normalized spacial score (nSPS) is 11.6. The molecule has 0 amide bonds. The van der Waals surface area contributed by atoms with Crippen LogP contribution in [0.15, 0.2) is 30.0 Å². The molecule has 0 aromatic carbocycles. The van der Waals surface area contributed by atoms with Gasteiger partial charge in [-0.25, -0.2) is 0 Å². The van der Waals surface area contributed by atoms with Gasteiger partial charge in [0.05, 0.1) is 5.69 Å². The van der Waals surface area contributed by atoms with Gasteiger partial charge in [0.1, 0.15) is 0 Å². The Labute approximate surface area is 71.7 Å². The smallest absolute Gasteiger partial charge is 0.0629 e. The van der Waals surface area contributed by atoms with Gasteiger partial charge in [-0.15, -0.1) is 11.6 Å². The van der Waals surface area contributed by atoms with Crippen LogP contribution < -0.4 is 0 Å². The van der Waals surface area contributed by atoms with Gasteiger partial charge in [-0.05, 0) is 25.1 Å². The first kappa shape index (κ1) is 8.28. The van der Waals surface area contributed by atoms with Crippen LogP contribution in [0.4, 0.5) is 0 Å². The molecule has 0 aliphatic heterocycles. The molecule has 0 aliphatic rings. The fourth-order valence-electron chi connectivity index (χ4n) is 0.752. The van der Waals surface area contributed by atoms with Crippen molar-refractivity contribution in [2.45, 2.75) is 6.92 Å². The number of nitrogens with zero attached hydrogens (tertiary/aromatic N) is 1. The number of alkyl halides is 1. The fourth-order valence-corrected chi connectivity index (χ4v) is 0.830. The van der Waals surface area contributed by atoms with Gasteiger partial charge in [0.25, 0.3) is 0 Å². The lowest BCUT2D eigenvalue weighted by atomic mass is 10.2. The van der Waals surface area contributed by atoms with Gasteiger partial charge in [-0.2, -0.15) is 0 Å². The molecule has 58 valence electrons. The largest absolute Gasteiger partial charge is 0.257 e. The first-order chi connectivity index (χ1) is 5.33. The Balaban J connectivity index is 2.79. The van der Waals surface area contributed by atoms with E-state index in [4.69, 9.17) is 11.6 Å². The highest BCUT2D eigenvalue weighted by molar-refractivity contribution is 6.19. The molecule has 0 atom stereocenters. The molecule has 0 N–H and O–H groups in total. The number of hydrogen-bond donors (Lipinski definition) is 0. The van der Waals surface area contributed by atoms with Gasteiger partial charge in [-0.1, -0.05) is 11.6 Å². The van der Waals surface area contributed by atoms with E-state index in [0.29, 0.717) is 5.88 Å². The maximum absolute atomic E-state index is 5.61. The summed E-state index contributed by atoms with van der Waals surface area (Å²) >= 11 is 5.61. The van der Waals surface area contributed by atoms with Crippen molar-refractivity contribution in [1.29, 1.82) is 0 Å². The molecule has 1 aromatic heterocycles. The van der Waals surface area contributed by atoms with E-state index < -0.39 is 0 Å². The zero-order chi connectivity index (χ0) is 8.10. The lowest BCUT2D eigenvalue weighted by Crippen LogP contribution is -1.80. The second-order valence-corrected chi connectivity index (χ2v) is 2.65. The Hall–Kier alpha value is -0.820. The SMILES string of the molecule is CC(=Cc1ccccn1)CCl. The Kier molecular flexibility index (Phi) is 3.12. The number of pyridine rings is 1. The summed E-state index contributed by atoms with van der Waals surface area (Å²) in [5, 5.41) is 0. The van der Waals surface area contributed by atoms with Crippen molar-refractivity contribution in [3.05, 3.63) is 35.7 Å². The van der Waals surface area contributed by atoms with Gasteiger partial charge in [-0.3, -0.25) is 4.98 Å². The van der Waals surface area contributed by atoms with Crippen molar-refractivity contribution in [3.63, 3.8) is 0 Å². The number of aromatic nitrogens is 1. The molecule has 0 aliphatic carbocycles. The quantitative estimate of drug-likeness (QED) is 0.618. The second kappa shape index (κ2) is 4.14. The number of allylic oxidation sites excluding steroid dienone is 1. The van der Waals surface area contributed by atoms with Crippen LogP contribution in [0.2, 0.25) is 0 Å². The van der Waals surface area contributed by atoms with Crippen LogP contribution in [0.1, 0.15) is 12.6 Å². The van der Waals surface area contributed by atoms with Gasteiger partial charge in [0.2, 0.25) is 0 Å². The van der Waals surface area contributed by atoms with Crippen LogP contribution >= 0.6 is 11.6 Å². The summed E-state index contributed by atoms with van der Waals surface area (Å²) < 4.78 is 0. The van der Waals surface area contributed by atoms with E-state index in [-0.39, 0.29) is 0 Å². The van der Waals surface area contributed by atoms with Crippen molar-refractivity contribution in [2.24, 2.45) is 0 Å². The van der Waals surface area contributed by atoms with Crippen LogP contribution in [0.5, 0.6) is 0 Å². The van der Waals surface area contributed by atoms with E-state index in [0.717, 1.165) is 11.3 Å². The van der Waals surface area contributed by atoms with E-state index in [2.05, 4.69) is 4.98 Å². The number of halogens is 1. The van der Waals surface area contributed by atoms with Crippen LogP contribution in [0.25, 0.3) is 6.08 Å². The molecule has 1 aromatic rings. The molecule has 0 unspecified atom stereocenters. The molecule has 0 fully saturated rings. The average molecular weight is 168 g/mol. The average Bonchev–Trinajstić information content (AvgIpc) is 2.06. The predicted octanol–water partition coefficient (Wildman–Crippen LogP) is 2.72. The van der Waals surface area contributed by atoms with Crippen LogP contribution in [-0.4, -0.2) is 10.9 Å². The lowest BCUT2D eigenvalue weighted by molar-refractivity contribution is 1.28. The van der Waals surface area contributed by atoms with Crippen molar-refractivity contribution in [1.82, 2.24) is 4.98 Å². The Morgan fingerprint density at radius 1 is 1.64 bits per heavy atom. The third kappa shape index (κ3) is 2.72. The molecule has 0 spiro atoms.